The second-order valence-corrected chi connectivity index (χ2v) is 4.27. The van der Waals surface area contributed by atoms with Crippen LogP contribution in [0.15, 0.2) is 34.9 Å². The number of hydrogen-bond acceptors (Lipinski definition) is 3. The Morgan fingerprint density at radius 2 is 1.95 bits per heavy atom. The van der Waals surface area contributed by atoms with Crippen molar-refractivity contribution in [2.24, 2.45) is 5.84 Å². The lowest BCUT2D eigenvalue weighted by atomic mass is 9.98. The molecular weight excluding hydrogens is 276 g/mol. The molecule has 2 rings (SSSR count). The number of hydrazine groups is 1. The molecule has 0 aliphatic heterocycles. The summed E-state index contributed by atoms with van der Waals surface area (Å²) >= 11 is 0. The second kappa shape index (κ2) is 5.26. The van der Waals surface area contributed by atoms with Gasteiger partial charge in [-0.25, -0.2) is 9.82 Å². The van der Waals surface area contributed by atoms with Crippen molar-refractivity contribution in [2.75, 3.05) is 0 Å². The predicted molar refractivity (Wildman–Crippen MR) is 64.0 cm³/mol. The Bertz CT molecular complexity index is 607. The van der Waals surface area contributed by atoms with Gasteiger partial charge in [0.15, 0.2) is 0 Å². The first-order valence-electron chi connectivity index (χ1n) is 5.71. The Morgan fingerprint density at radius 3 is 2.40 bits per heavy atom. The van der Waals surface area contributed by atoms with E-state index in [9.17, 15) is 17.6 Å². The van der Waals surface area contributed by atoms with E-state index in [2.05, 4.69) is 5.43 Å². The molecule has 0 amide bonds. The smallest absolute Gasteiger partial charge is 0.419 e. The van der Waals surface area contributed by atoms with E-state index in [-0.39, 0.29) is 5.56 Å². The third-order valence-electron chi connectivity index (χ3n) is 3.01. The van der Waals surface area contributed by atoms with E-state index in [1.54, 1.807) is 13.0 Å². The molecule has 2 aromatic rings. The number of aryl methyl sites for hydroxylation is 1. The van der Waals surface area contributed by atoms with Crippen LogP contribution in [-0.2, 0) is 6.18 Å². The first-order valence-corrected chi connectivity index (χ1v) is 5.71. The molecule has 0 bridgehead atoms. The average molecular weight is 288 g/mol. The molecule has 1 atom stereocenters. The van der Waals surface area contributed by atoms with Crippen LogP contribution in [0.5, 0.6) is 0 Å². The van der Waals surface area contributed by atoms with Gasteiger partial charge in [0.1, 0.15) is 11.6 Å². The highest BCUT2D eigenvalue weighted by Gasteiger charge is 2.34. The molecule has 3 nitrogen and oxygen atoms in total. The summed E-state index contributed by atoms with van der Waals surface area (Å²) < 4.78 is 56.2. The number of hydrogen-bond donors (Lipinski definition) is 2. The van der Waals surface area contributed by atoms with Crippen molar-refractivity contribution in [2.45, 2.75) is 19.1 Å². The van der Waals surface area contributed by atoms with Gasteiger partial charge in [-0.05, 0) is 30.7 Å². The number of nitrogens with two attached hydrogens (primary N) is 1. The van der Waals surface area contributed by atoms with Crippen molar-refractivity contribution < 1.29 is 22.0 Å². The van der Waals surface area contributed by atoms with Gasteiger partial charge in [-0.1, -0.05) is 6.07 Å². The van der Waals surface area contributed by atoms with Gasteiger partial charge in [0.25, 0.3) is 0 Å². The fraction of sp³-hybridized carbons (Fsp3) is 0.231. The highest BCUT2D eigenvalue weighted by atomic mass is 19.4. The lowest BCUT2D eigenvalue weighted by molar-refractivity contribution is -0.140. The molecule has 0 saturated carbocycles. The number of benzene rings is 1. The SMILES string of the molecule is Cc1occc1C(NN)c1ccc(C(F)(F)F)c(F)c1. The minimum Gasteiger partial charge on any atom is -0.469 e. The molecule has 0 fully saturated rings. The van der Waals surface area contributed by atoms with Gasteiger partial charge in [0.2, 0.25) is 0 Å². The summed E-state index contributed by atoms with van der Waals surface area (Å²) in [5, 5.41) is 0. The maximum Gasteiger partial charge on any atom is 0.419 e. The van der Waals surface area contributed by atoms with E-state index in [4.69, 9.17) is 10.3 Å². The molecular formula is C13H12F4N2O. The van der Waals surface area contributed by atoms with Gasteiger partial charge in [0, 0.05) is 5.56 Å². The van der Waals surface area contributed by atoms with Gasteiger partial charge in [0.05, 0.1) is 17.9 Å². The van der Waals surface area contributed by atoms with Crippen LogP contribution in [-0.4, -0.2) is 0 Å². The van der Waals surface area contributed by atoms with Crippen LogP contribution in [0, 0.1) is 12.7 Å². The first-order chi connectivity index (χ1) is 9.34. The zero-order chi connectivity index (χ0) is 14.9. The monoisotopic (exact) mass is 288 g/mol. The van der Waals surface area contributed by atoms with Crippen LogP contribution >= 0.6 is 0 Å². The summed E-state index contributed by atoms with van der Waals surface area (Å²) in [6.45, 7) is 1.68. The molecule has 1 heterocycles. The number of nitrogens with one attached hydrogen (secondary N) is 1. The maximum atomic E-state index is 13.6. The molecule has 1 unspecified atom stereocenters. The third kappa shape index (κ3) is 2.68. The van der Waals surface area contributed by atoms with Crippen molar-refractivity contribution in [1.29, 1.82) is 0 Å². The maximum absolute atomic E-state index is 13.6. The van der Waals surface area contributed by atoms with Crippen molar-refractivity contribution in [3.63, 3.8) is 0 Å². The highest BCUT2D eigenvalue weighted by molar-refractivity contribution is 5.35. The zero-order valence-corrected chi connectivity index (χ0v) is 10.5. The molecule has 7 heteroatoms. The van der Waals surface area contributed by atoms with E-state index < -0.39 is 23.6 Å². The van der Waals surface area contributed by atoms with Crippen LogP contribution in [0.2, 0.25) is 0 Å². The summed E-state index contributed by atoms with van der Waals surface area (Å²) in [6, 6.07) is 3.67. The Labute approximate surface area is 112 Å². The van der Waals surface area contributed by atoms with Crippen LogP contribution in [0.1, 0.15) is 28.5 Å². The molecule has 0 aliphatic rings. The van der Waals surface area contributed by atoms with E-state index in [0.29, 0.717) is 17.4 Å². The summed E-state index contributed by atoms with van der Waals surface area (Å²) in [5.41, 5.74) is 2.05. The Morgan fingerprint density at radius 1 is 1.25 bits per heavy atom. The molecule has 0 saturated heterocycles. The van der Waals surface area contributed by atoms with Crippen molar-refractivity contribution >= 4 is 0 Å². The number of furan rings is 1. The van der Waals surface area contributed by atoms with Gasteiger partial charge in [-0.3, -0.25) is 5.84 Å². The van der Waals surface area contributed by atoms with Crippen LogP contribution in [0.3, 0.4) is 0 Å². The van der Waals surface area contributed by atoms with Gasteiger partial charge >= 0.3 is 6.18 Å². The van der Waals surface area contributed by atoms with E-state index in [1.807, 2.05) is 0 Å². The summed E-state index contributed by atoms with van der Waals surface area (Å²) in [4.78, 5) is 0. The lowest BCUT2D eigenvalue weighted by Crippen LogP contribution is -2.29. The zero-order valence-electron chi connectivity index (χ0n) is 10.5. The molecule has 20 heavy (non-hydrogen) atoms. The van der Waals surface area contributed by atoms with Crippen LogP contribution in [0.4, 0.5) is 17.6 Å². The fourth-order valence-corrected chi connectivity index (χ4v) is 2.00. The predicted octanol–water partition coefficient (Wildman–Crippen LogP) is 3.30. The molecule has 3 N–H and O–H groups in total. The Balaban J connectivity index is 2.43. The minimum atomic E-state index is -4.72. The number of rotatable bonds is 3. The Kier molecular flexibility index (Phi) is 3.82. The lowest BCUT2D eigenvalue weighted by Gasteiger charge is -2.17. The van der Waals surface area contributed by atoms with Crippen molar-refractivity contribution in [3.05, 3.63) is 58.8 Å². The third-order valence-corrected chi connectivity index (χ3v) is 3.01. The normalized spacial score (nSPS) is 13.5. The van der Waals surface area contributed by atoms with Gasteiger partial charge in [-0.2, -0.15) is 13.2 Å². The molecule has 1 aromatic carbocycles. The fourth-order valence-electron chi connectivity index (χ4n) is 2.00. The van der Waals surface area contributed by atoms with E-state index in [1.165, 1.54) is 12.3 Å². The summed E-state index contributed by atoms with van der Waals surface area (Å²) in [5.74, 6) is 4.62. The van der Waals surface area contributed by atoms with Gasteiger partial charge in [-0.15, -0.1) is 0 Å². The molecule has 0 spiro atoms. The van der Waals surface area contributed by atoms with E-state index in [0.717, 1.165) is 6.07 Å². The number of halogens is 4. The number of alkyl halides is 3. The quantitative estimate of drug-likeness (QED) is 0.517. The topological polar surface area (TPSA) is 51.2 Å². The molecule has 108 valence electrons. The van der Waals surface area contributed by atoms with Crippen molar-refractivity contribution in [1.82, 2.24) is 5.43 Å². The molecule has 1 aromatic heterocycles. The standard InChI is InChI=1S/C13H12F4N2O/c1-7-9(4-5-20-7)12(19-18)8-2-3-10(11(14)6-8)13(15,16)17/h2-6,12,19H,18H2,1H3. The minimum absolute atomic E-state index is 0.280. The van der Waals surface area contributed by atoms with Crippen LogP contribution < -0.4 is 11.3 Å². The first kappa shape index (κ1) is 14.5. The van der Waals surface area contributed by atoms with Gasteiger partial charge < -0.3 is 4.42 Å². The largest absolute Gasteiger partial charge is 0.469 e. The highest BCUT2D eigenvalue weighted by Crippen LogP contribution is 2.33. The van der Waals surface area contributed by atoms with E-state index >= 15 is 0 Å². The Hall–Kier alpha value is -1.86. The molecule has 0 aliphatic carbocycles. The molecule has 0 radical (unpaired) electrons. The average Bonchev–Trinajstić information content (AvgIpc) is 2.75. The summed E-state index contributed by atoms with van der Waals surface area (Å²) in [6.07, 6.45) is -3.30. The van der Waals surface area contributed by atoms with Crippen LogP contribution in [0.25, 0.3) is 0 Å². The van der Waals surface area contributed by atoms with Crippen molar-refractivity contribution in [3.8, 4) is 0 Å². The summed E-state index contributed by atoms with van der Waals surface area (Å²) in [7, 11) is 0. The second-order valence-electron chi connectivity index (χ2n) is 4.27.